The number of ether oxygens (including phenoxy) is 1. The lowest BCUT2D eigenvalue weighted by atomic mass is 9.76. The van der Waals surface area contributed by atoms with Crippen molar-refractivity contribution in [3.05, 3.63) is 53.9 Å². The number of aliphatic hydroxyl groups excluding tert-OH is 1. The molecule has 1 fully saturated rings. The minimum absolute atomic E-state index is 0.308. The largest absolute Gasteiger partial charge is 0.465 e. The molecule has 1 atom stereocenters. The van der Waals surface area contributed by atoms with Gasteiger partial charge in [-0.25, -0.2) is 23.2 Å². The highest BCUT2D eigenvalue weighted by atomic mass is 19.3. The van der Waals surface area contributed by atoms with Crippen molar-refractivity contribution in [2.45, 2.75) is 24.9 Å². The number of pyridine rings is 1. The molecule has 6 nitrogen and oxygen atoms in total. The molecule has 1 aromatic carbocycles. The van der Waals surface area contributed by atoms with Crippen LogP contribution in [0.15, 0.2) is 42.7 Å². The Morgan fingerprint density at radius 3 is 2.63 bits per heavy atom. The van der Waals surface area contributed by atoms with Crippen molar-refractivity contribution in [1.82, 2.24) is 14.8 Å². The number of carbonyl (C=O) groups excluding carboxylic acids is 1. The summed E-state index contributed by atoms with van der Waals surface area (Å²) in [7, 11) is 1.32. The summed E-state index contributed by atoms with van der Waals surface area (Å²) in [4.78, 5) is 15.9. The van der Waals surface area contributed by atoms with Crippen LogP contribution in [0.2, 0.25) is 0 Å². The number of carbonyl (C=O) groups is 1. The maximum Gasteiger partial charge on any atom is 0.337 e. The number of hydrogen-bond donors (Lipinski definition) is 1. The second-order valence-corrected chi connectivity index (χ2v) is 6.75. The number of aliphatic hydroxyl groups is 1. The Morgan fingerprint density at radius 2 is 2.00 bits per heavy atom. The Kier molecular flexibility index (Phi) is 4.15. The average Bonchev–Trinajstić information content (AvgIpc) is 3.08. The summed E-state index contributed by atoms with van der Waals surface area (Å²) in [5.74, 6) is -3.56. The molecule has 0 unspecified atom stereocenters. The first kappa shape index (κ1) is 17.5. The van der Waals surface area contributed by atoms with Crippen LogP contribution in [0.5, 0.6) is 0 Å². The molecule has 27 heavy (non-hydrogen) atoms. The summed E-state index contributed by atoms with van der Waals surface area (Å²) < 4.78 is 32.4. The lowest BCUT2D eigenvalue weighted by Gasteiger charge is -2.37. The van der Waals surface area contributed by atoms with Gasteiger partial charge in [-0.15, -0.1) is 0 Å². The van der Waals surface area contributed by atoms with Gasteiger partial charge < -0.3 is 9.84 Å². The van der Waals surface area contributed by atoms with Gasteiger partial charge >= 0.3 is 5.97 Å². The number of aromatic nitrogens is 3. The summed E-state index contributed by atoms with van der Waals surface area (Å²) in [6.45, 7) is 0. The van der Waals surface area contributed by atoms with Gasteiger partial charge in [0.15, 0.2) is 5.65 Å². The molecule has 0 bridgehead atoms. The molecule has 140 valence electrons. The molecule has 0 aliphatic heterocycles. The molecular formula is C19H17F2N3O3. The Balaban J connectivity index is 1.60. The van der Waals surface area contributed by atoms with Crippen LogP contribution in [0.25, 0.3) is 16.7 Å². The fourth-order valence-corrected chi connectivity index (χ4v) is 3.35. The molecule has 4 rings (SSSR count). The van der Waals surface area contributed by atoms with Crippen LogP contribution >= 0.6 is 0 Å². The van der Waals surface area contributed by atoms with Gasteiger partial charge in [0.25, 0.3) is 0 Å². The number of alkyl halides is 2. The molecule has 0 saturated heterocycles. The summed E-state index contributed by atoms with van der Waals surface area (Å²) in [6, 6.07) is 8.42. The maximum atomic E-state index is 13.0. The van der Waals surface area contributed by atoms with Crippen LogP contribution in [0.4, 0.5) is 8.78 Å². The van der Waals surface area contributed by atoms with Gasteiger partial charge in [-0.05, 0) is 35.9 Å². The topological polar surface area (TPSA) is 77.2 Å². The van der Waals surface area contributed by atoms with E-state index in [2.05, 4.69) is 14.8 Å². The van der Waals surface area contributed by atoms with E-state index in [1.165, 1.54) is 13.3 Å². The van der Waals surface area contributed by atoms with E-state index in [1.54, 1.807) is 41.2 Å². The molecule has 2 aromatic heterocycles. The molecule has 1 aliphatic carbocycles. The van der Waals surface area contributed by atoms with Crippen LogP contribution < -0.4 is 0 Å². The molecule has 3 aromatic rings. The molecule has 1 N–H and O–H groups in total. The van der Waals surface area contributed by atoms with E-state index in [0.717, 1.165) is 0 Å². The van der Waals surface area contributed by atoms with Crippen molar-refractivity contribution in [2.75, 3.05) is 7.11 Å². The molecular weight excluding hydrogens is 356 g/mol. The first-order chi connectivity index (χ1) is 12.9. The summed E-state index contributed by atoms with van der Waals surface area (Å²) in [6.07, 6.45) is 1.51. The fraction of sp³-hybridized carbons (Fsp3) is 0.316. The van der Waals surface area contributed by atoms with Gasteiger partial charge in [-0.2, -0.15) is 5.10 Å². The smallest absolute Gasteiger partial charge is 0.337 e. The Labute approximate surface area is 153 Å². The predicted molar refractivity (Wildman–Crippen MR) is 92.8 cm³/mol. The standard InChI is InChI=1S/C19H17F2N3O3/c1-27-18(26)11-2-4-15(5-3-11)24-17-13(10-23-24)6-12(9-22-17)16(25)14-7-19(20,21)8-14/h2-6,9-10,14,16,25H,7-8H2,1H3/t16-/m0/s1. The van der Waals surface area contributed by atoms with E-state index in [0.29, 0.717) is 27.8 Å². The molecule has 0 radical (unpaired) electrons. The van der Waals surface area contributed by atoms with Crippen LogP contribution in [0.3, 0.4) is 0 Å². The van der Waals surface area contributed by atoms with E-state index in [-0.39, 0.29) is 12.8 Å². The Hall–Kier alpha value is -2.87. The zero-order valence-electron chi connectivity index (χ0n) is 14.5. The summed E-state index contributed by atoms with van der Waals surface area (Å²) >= 11 is 0. The van der Waals surface area contributed by atoms with Crippen molar-refractivity contribution in [3.63, 3.8) is 0 Å². The van der Waals surface area contributed by atoms with Crippen LogP contribution in [0.1, 0.15) is 34.9 Å². The van der Waals surface area contributed by atoms with Gasteiger partial charge in [0.2, 0.25) is 5.92 Å². The quantitative estimate of drug-likeness (QED) is 0.710. The van der Waals surface area contributed by atoms with Crippen molar-refractivity contribution in [2.24, 2.45) is 5.92 Å². The van der Waals surface area contributed by atoms with Crippen LogP contribution in [-0.2, 0) is 4.74 Å². The number of halogens is 2. The third kappa shape index (κ3) is 3.16. The number of methoxy groups -OCH3 is 1. The minimum Gasteiger partial charge on any atom is -0.465 e. The van der Waals surface area contributed by atoms with Crippen molar-refractivity contribution in [1.29, 1.82) is 0 Å². The van der Waals surface area contributed by atoms with Crippen LogP contribution in [-0.4, -0.2) is 38.9 Å². The molecule has 1 saturated carbocycles. The normalized spacial score (nSPS) is 17.5. The van der Waals surface area contributed by atoms with Gasteiger partial charge in [-0.1, -0.05) is 0 Å². The Morgan fingerprint density at radius 1 is 1.30 bits per heavy atom. The van der Waals surface area contributed by atoms with Crippen LogP contribution in [0, 0.1) is 5.92 Å². The van der Waals surface area contributed by atoms with Gasteiger partial charge in [0.05, 0.1) is 30.7 Å². The zero-order chi connectivity index (χ0) is 19.2. The highest BCUT2D eigenvalue weighted by molar-refractivity contribution is 5.89. The second-order valence-electron chi connectivity index (χ2n) is 6.75. The fourth-order valence-electron chi connectivity index (χ4n) is 3.35. The van der Waals surface area contributed by atoms with E-state index in [1.807, 2.05) is 0 Å². The van der Waals surface area contributed by atoms with E-state index < -0.39 is 23.9 Å². The van der Waals surface area contributed by atoms with Gasteiger partial charge in [-0.3, -0.25) is 0 Å². The van der Waals surface area contributed by atoms with E-state index in [4.69, 9.17) is 0 Å². The van der Waals surface area contributed by atoms with Crippen molar-refractivity contribution >= 4 is 17.0 Å². The highest BCUT2D eigenvalue weighted by Gasteiger charge is 2.48. The average molecular weight is 373 g/mol. The minimum atomic E-state index is -2.68. The number of hydrogen-bond acceptors (Lipinski definition) is 5. The van der Waals surface area contributed by atoms with Gasteiger partial charge in [0.1, 0.15) is 0 Å². The lowest BCUT2D eigenvalue weighted by molar-refractivity contribution is -0.142. The van der Waals surface area contributed by atoms with E-state index >= 15 is 0 Å². The number of fused-ring (bicyclic) bond motifs is 1. The number of benzene rings is 1. The molecule has 1 aliphatic rings. The predicted octanol–water partition coefficient (Wildman–Crippen LogP) is 3.29. The first-order valence-corrected chi connectivity index (χ1v) is 8.46. The molecule has 0 amide bonds. The summed E-state index contributed by atoms with van der Waals surface area (Å²) in [5.41, 5.74) is 2.20. The third-order valence-electron chi connectivity index (χ3n) is 4.87. The third-order valence-corrected chi connectivity index (χ3v) is 4.87. The number of rotatable bonds is 4. The maximum absolute atomic E-state index is 13.0. The molecule has 8 heteroatoms. The molecule has 0 spiro atoms. The monoisotopic (exact) mass is 373 g/mol. The first-order valence-electron chi connectivity index (χ1n) is 8.46. The SMILES string of the molecule is COC(=O)c1ccc(-n2ncc3cc([C@H](O)C4CC(F)(F)C4)cnc32)cc1. The van der Waals surface area contributed by atoms with Crippen molar-refractivity contribution < 1.29 is 23.4 Å². The lowest BCUT2D eigenvalue weighted by Crippen LogP contribution is -2.38. The van der Waals surface area contributed by atoms with Gasteiger partial charge in [0, 0.05) is 30.3 Å². The van der Waals surface area contributed by atoms with E-state index in [9.17, 15) is 18.7 Å². The summed E-state index contributed by atoms with van der Waals surface area (Å²) in [5, 5.41) is 15.3. The molecule has 2 heterocycles. The highest BCUT2D eigenvalue weighted by Crippen LogP contribution is 2.48. The van der Waals surface area contributed by atoms with Crippen molar-refractivity contribution in [3.8, 4) is 5.69 Å². The number of nitrogens with zero attached hydrogens (tertiary/aromatic N) is 3. The number of esters is 1. The zero-order valence-corrected chi connectivity index (χ0v) is 14.5. The second kappa shape index (κ2) is 6.38. The Bertz CT molecular complexity index is 993.